The summed E-state index contributed by atoms with van der Waals surface area (Å²) < 4.78 is 0. The fourth-order valence-electron chi connectivity index (χ4n) is 1.48. The van der Waals surface area contributed by atoms with E-state index in [0.29, 0.717) is 7.92 Å². The average molecular weight is 228 g/mol. The summed E-state index contributed by atoms with van der Waals surface area (Å²) in [6.07, 6.45) is 4.70. The minimum atomic E-state index is -0.979. The minimum absolute atomic E-state index is 0.452. The third-order valence-corrected chi connectivity index (χ3v) is 10.5. The lowest BCUT2D eigenvalue weighted by atomic mass is 10.9. The molecule has 0 aromatic heterocycles. The van der Waals surface area contributed by atoms with E-state index in [1.807, 2.05) is 0 Å². The fraction of sp³-hybridized carbons (Fsp3) is 0.800. The Morgan fingerprint density at radius 2 is 2.00 bits per heavy atom. The fourth-order valence-corrected chi connectivity index (χ4v) is 9.97. The van der Waals surface area contributed by atoms with Gasteiger partial charge in [0.15, 0.2) is 0 Å². The highest BCUT2D eigenvalue weighted by molar-refractivity contribution is 7.58. The molecule has 0 saturated carbocycles. The monoisotopic (exact) mass is 228 g/mol. The summed E-state index contributed by atoms with van der Waals surface area (Å²) in [5.41, 5.74) is 2.26. The molecule has 0 atom stereocenters. The molecule has 2 radical (unpaired) electrons. The summed E-state index contributed by atoms with van der Waals surface area (Å²) in [5, 5.41) is 0. The molecule has 3 heteroatoms. The van der Waals surface area contributed by atoms with Gasteiger partial charge in [0.25, 0.3) is 0 Å². The lowest BCUT2D eigenvalue weighted by Gasteiger charge is -2.25. The van der Waals surface area contributed by atoms with Gasteiger partial charge in [0.2, 0.25) is 0 Å². The molecule has 1 rings (SSSR count). The maximum absolute atomic E-state index is 3.97. The van der Waals surface area contributed by atoms with E-state index < -0.39 is 8.07 Å². The van der Waals surface area contributed by atoms with Gasteiger partial charge in [-0.2, -0.15) is 0 Å². The Bertz CT molecular complexity index is 162. The summed E-state index contributed by atoms with van der Waals surface area (Å²) >= 11 is 0. The van der Waals surface area contributed by atoms with Gasteiger partial charge in [-0.3, -0.25) is 0 Å². The average Bonchev–Trinajstić information content (AvgIpc) is 2.17. The topological polar surface area (TPSA) is 0 Å². The molecule has 0 aromatic carbocycles. The minimum Gasteiger partial charge on any atom is -0.108 e. The van der Waals surface area contributed by atoms with E-state index >= 15 is 0 Å². The van der Waals surface area contributed by atoms with Crippen molar-refractivity contribution in [1.29, 1.82) is 0 Å². The van der Waals surface area contributed by atoms with Crippen LogP contribution in [0.15, 0.2) is 12.3 Å². The van der Waals surface area contributed by atoms with Crippen LogP contribution in [0.5, 0.6) is 0 Å². The van der Waals surface area contributed by atoms with Crippen molar-refractivity contribution in [1.82, 2.24) is 0 Å². The van der Waals surface area contributed by atoms with Gasteiger partial charge >= 0.3 is 0 Å². The van der Waals surface area contributed by atoms with Crippen LogP contribution in [0, 0.1) is 0 Å². The normalized spacial score (nSPS) is 20.2. The van der Waals surface area contributed by atoms with Crippen LogP contribution < -0.4 is 0 Å². The van der Waals surface area contributed by atoms with Crippen LogP contribution in [-0.2, 0) is 0 Å². The number of hydrogen-bond donors (Lipinski definition) is 0. The van der Waals surface area contributed by atoms with Gasteiger partial charge in [-0.1, -0.05) is 31.2 Å². The standard InChI is InChI=1S/C10H21PSi2/c1-4-13(2,3)10-7-11-5-8-12-9-6-11/h4H,1,5-10H2,2-3H3. The molecule has 0 unspecified atom stereocenters. The third kappa shape index (κ3) is 4.57. The van der Waals surface area contributed by atoms with Crippen LogP contribution in [0.1, 0.15) is 0 Å². The zero-order valence-corrected chi connectivity index (χ0v) is 11.9. The van der Waals surface area contributed by atoms with Gasteiger partial charge in [-0.15, -0.1) is 20.2 Å². The molecule has 0 aliphatic carbocycles. The molecule has 0 amide bonds. The summed E-state index contributed by atoms with van der Waals surface area (Å²) in [5.74, 6) is 0. The van der Waals surface area contributed by atoms with Crippen LogP contribution >= 0.6 is 7.92 Å². The first kappa shape index (κ1) is 11.7. The van der Waals surface area contributed by atoms with Crippen molar-refractivity contribution in [3.63, 3.8) is 0 Å². The first-order valence-corrected chi connectivity index (χ1v) is 11.8. The molecule has 0 nitrogen and oxygen atoms in total. The van der Waals surface area contributed by atoms with Crippen LogP contribution in [0.3, 0.4) is 0 Å². The van der Waals surface area contributed by atoms with E-state index in [1.165, 1.54) is 15.6 Å². The Morgan fingerprint density at radius 3 is 2.54 bits per heavy atom. The highest BCUT2D eigenvalue weighted by Crippen LogP contribution is 2.42. The lowest BCUT2D eigenvalue weighted by Crippen LogP contribution is -2.23. The van der Waals surface area contributed by atoms with Gasteiger partial charge in [0.1, 0.15) is 0 Å². The summed E-state index contributed by atoms with van der Waals surface area (Å²) in [6.45, 7) is 8.86. The molecule has 1 heterocycles. The van der Waals surface area contributed by atoms with Gasteiger partial charge < -0.3 is 0 Å². The van der Waals surface area contributed by atoms with Crippen molar-refractivity contribution in [2.75, 3.05) is 18.5 Å². The molecular formula is C10H21PSi2. The molecule has 0 N–H and O–H groups in total. The van der Waals surface area contributed by atoms with E-state index in [1.54, 1.807) is 30.6 Å². The van der Waals surface area contributed by atoms with E-state index in [4.69, 9.17) is 0 Å². The van der Waals surface area contributed by atoms with Crippen LogP contribution in [0.2, 0.25) is 31.2 Å². The molecule has 1 saturated heterocycles. The molecule has 1 aliphatic rings. The summed E-state index contributed by atoms with van der Waals surface area (Å²) in [7, 11) is 0.760. The number of hydrogen-bond acceptors (Lipinski definition) is 0. The van der Waals surface area contributed by atoms with Crippen molar-refractivity contribution < 1.29 is 0 Å². The highest BCUT2D eigenvalue weighted by Gasteiger charge is 2.19. The second kappa shape index (κ2) is 5.48. The van der Waals surface area contributed by atoms with Crippen LogP contribution in [-0.4, -0.2) is 36.1 Å². The molecule has 13 heavy (non-hydrogen) atoms. The summed E-state index contributed by atoms with van der Waals surface area (Å²) in [6, 6.07) is 4.58. The largest absolute Gasteiger partial charge is 0.108 e. The van der Waals surface area contributed by atoms with Crippen molar-refractivity contribution in [2.45, 2.75) is 31.2 Å². The van der Waals surface area contributed by atoms with Gasteiger partial charge in [0.05, 0.1) is 8.07 Å². The molecule has 0 spiro atoms. The van der Waals surface area contributed by atoms with Gasteiger partial charge in [0, 0.05) is 9.52 Å². The number of rotatable bonds is 4. The SMILES string of the molecule is C=C[Si](C)(C)CCP1CC[Si]CC1. The maximum Gasteiger partial charge on any atom is 0.0713 e. The van der Waals surface area contributed by atoms with Gasteiger partial charge in [-0.05, 0) is 18.5 Å². The predicted octanol–water partition coefficient (Wildman–Crippen LogP) is 3.46. The zero-order chi connectivity index (χ0) is 9.73. The summed E-state index contributed by atoms with van der Waals surface area (Å²) in [4.78, 5) is 0. The molecule has 1 fully saturated rings. The second-order valence-corrected chi connectivity index (χ2v) is 13.6. The second-order valence-electron chi connectivity index (χ2n) is 4.53. The quantitative estimate of drug-likeness (QED) is 0.511. The van der Waals surface area contributed by atoms with Gasteiger partial charge in [-0.25, -0.2) is 0 Å². The van der Waals surface area contributed by atoms with Crippen molar-refractivity contribution in [3.05, 3.63) is 12.3 Å². The van der Waals surface area contributed by atoms with E-state index in [0.717, 1.165) is 0 Å². The Labute approximate surface area is 87.8 Å². The van der Waals surface area contributed by atoms with Crippen molar-refractivity contribution in [3.8, 4) is 0 Å². The molecule has 74 valence electrons. The molecular weight excluding hydrogens is 207 g/mol. The third-order valence-electron chi connectivity index (χ3n) is 2.83. The first-order chi connectivity index (χ1) is 6.14. The van der Waals surface area contributed by atoms with Crippen LogP contribution in [0.25, 0.3) is 0 Å². The first-order valence-electron chi connectivity index (χ1n) is 5.21. The van der Waals surface area contributed by atoms with E-state index in [9.17, 15) is 0 Å². The van der Waals surface area contributed by atoms with E-state index in [-0.39, 0.29) is 0 Å². The Kier molecular flexibility index (Phi) is 4.92. The molecule has 0 bridgehead atoms. The molecule has 0 aromatic rings. The zero-order valence-electron chi connectivity index (χ0n) is 8.97. The van der Waals surface area contributed by atoms with Crippen molar-refractivity contribution in [2.24, 2.45) is 0 Å². The maximum atomic E-state index is 3.97. The van der Waals surface area contributed by atoms with E-state index in [2.05, 4.69) is 25.4 Å². The highest BCUT2D eigenvalue weighted by atomic mass is 31.1. The Balaban J connectivity index is 2.20. The lowest BCUT2D eigenvalue weighted by molar-refractivity contribution is 1.25. The Morgan fingerprint density at radius 1 is 1.38 bits per heavy atom. The Hall–Kier alpha value is 0.604. The smallest absolute Gasteiger partial charge is 0.0713 e. The predicted molar refractivity (Wildman–Crippen MR) is 69.4 cm³/mol. The molecule has 1 aliphatic heterocycles. The van der Waals surface area contributed by atoms with Crippen LogP contribution in [0.4, 0.5) is 0 Å². The van der Waals surface area contributed by atoms with Crippen molar-refractivity contribution >= 4 is 25.5 Å².